The average molecular weight is 534 g/mol. The molecule has 4 aromatic rings. The van der Waals surface area contributed by atoms with Crippen molar-refractivity contribution >= 4 is 28.2 Å². The number of carbonyl (C=O) groups is 1. The summed E-state index contributed by atoms with van der Waals surface area (Å²) in [5.41, 5.74) is 15.7. The van der Waals surface area contributed by atoms with Gasteiger partial charge < -0.3 is 26.4 Å². The Morgan fingerprint density at radius 1 is 0.925 bits per heavy atom. The second-order valence-electron chi connectivity index (χ2n) is 10.9. The highest BCUT2D eigenvalue weighted by molar-refractivity contribution is 5.97. The molecular weight excluding hydrogens is 498 g/mol. The summed E-state index contributed by atoms with van der Waals surface area (Å²) in [5.74, 6) is 1.56. The number of amides is 1. The number of hydrogen-bond donors (Lipinski definition) is 4. The lowest BCUT2D eigenvalue weighted by Crippen LogP contribution is -2.49. The van der Waals surface area contributed by atoms with Gasteiger partial charge in [-0.05, 0) is 77.9 Å². The van der Waals surface area contributed by atoms with Crippen molar-refractivity contribution in [3.8, 4) is 11.5 Å². The second-order valence-corrected chi connectivity index (χ2v) is 10.9. The van der Waals surface area contributed by atoms with Gasteiger partial charge in [0, 0.05) is 36.3 Å². The van der Waals surface area contributed by atoms with E-state index in [1.54, 1.807) is 0 Å². The zero-order valence-electron chi connectivity index (χ0n) is 22.5. The molecule has 6 N–H and O–H groups in total. The van der Waals surface area contributed by atoms with Gasteiger partial charge in [-0.25, -0.2) is 0 Å². The number of benzene rings is 4. The van der Waals surface area contributed by atoms with Gasteiger partial charge in [0.05, 0.1) is 0 Å². The molecule has 1 amide bonds. The number of para-hydroxylation sites is 1. The van der Waals surface area contributed by atoms with Gasteiger partial charge in [0.1, 0.15) is 23.4 Å². The summed E-state index contributed by atoms with van der Waals surface area (Å²) in [5, 5.41) is 13.5. The fourth-order valence-electron chi connectivity index (χ4n) is 6.01. The smallest absolute Gasteiger partial charge is 0.243 e. The summed E-state index contributed by atoms with van der Waals surface area (Å²) in [6, 6.07) is 27.9. The Labute approximate surface area is 234 Å². The van der Waals surface area contributed by atoms with Crippen molar-refractivity contribution < 1.29 is 9.53 Å². The van der Waals surface area contributed by atoms with Crippen molar-refractivity contribution in [2.24, 2.45) is 11.5 Å². The van der Waals surface area contributed by atoms with Crippen molar-refractivity contribution in [2.75, 3.05) is 4.90 Å². The summed E-state index contributed by atoms with van der Waals surface area (Å²) in [6.07, 6.45) is 4.28. The molecule has 0 saturated heterocycles. The number of amidine groups is 1. The Hall–Kier alpha value is -4.36. The monoisotopic (exact) mass is 533 g/mol. The van der Waals surface area contributed by atoms with Crippen LogP contribution in [0.25, 0.3) is 10.8 Å². The van der Waals surface area contributed by atoms with Gasteiger partial charge in [-0.2, -0.15) is 0 Å². The van der Waals surface area contributed by atoms with E-state index in [-0.39, 0.29) is 29.9 Å². The molecule has 1 atom stereocenters. The molecule has 0 bridgehead atoms. The highest BCUT2D eigenvalue weighted by Gasteiger charge is 2.36. The van der Waals surface area contributed by atoms with E-state index < -0.39 is 0 Å². The third-order valence-electron chi connectivity index (χ3n) is 8.16. The first-order valence-corrected chi connectivity index (χ1v) is 14.0. The minimum absolute atomic E-state index is 0.0119. The molecule has 1 heterocycles. The van der Waals surface area contributed by atoms with Crippen LogP contribution in [0, 0.1) is 5.41 Å². The molecule has 7 nitrogen and oxygen atoms in total. The minimum Gasteiger partial charge on any atom is -0.457 e. The number of nitrogen functional groups attached to an aromatic ring is 1. The Bertz CT molecular complexity index is 1550. The number of hydrogen-bond acceptors (Lipinski definition) is 5. The van der Waals surface area contributed by atoms with Gasteiger partial charge in [0.25, 0.3) is 0 Å². The lowest BCUT2D eigenvalue weighted by atomic mass is 9.91. The van der Waals surface area contributed by atoms with E-state index in [9.17, 15) is 4.79 Å². The minimum atomic E-state index is -0.370. The maximum atomic E-state index is 13.8. The number of carbonyl (C=O) groups excluding carboxylic acids is 1. The van der Waals surface area contributed by atoms with Crippen LogP contribution in [0.3, 0.4) is 0 Å². The molecule has 1 saturated carbocycles. The molecule has 2 aliphatic rings. The Morgan fingerprint density at radius 2 is 1.68 bits per heavy atom. The largest absolute Gasteiger partial charge is 0.457 e. The summed E-state index contributed by atoms with van der Waals surface area (Å²) in [6.45, 7) is 0.508. The van der Waals surface area contributed by atoms with Crippen molar-refractivity contribution in [1.82, 2.24) is 5.32 Å². The maximum Gasteiger partial charge on any atom is 0.243 e. The van der Waals surface area contributed by atoms with Crippen LogP contribution < -0.4 is 26.4 Å². The predicted molar refractivity (Wildman–Crippen MR) is 160 cm³/mol. The van der Waals surface area contributed by atoms with Crippen molar-refractivity contribution in [3.63, 3.8) is 0 Å². The number of anilines is 1. The van der Waals surface area contributed by atoms with Crippen LogP contribution in [0.15, 0.2) is 84.9 Å². The van der Waals surface area contributed by atoms with Crippen LogP contribution in [0.2, 0.25) is 0 Å². The lowest BCUT2D eigenvalue weighted by molar-refractivity contribution is -0.123. The SMILES string of the molecule is N=C(N)c1ccc2c(c1)N(Cc1cc(Oc3ccccc3)cc3ccccc13)C(C(=O)NC1CCC(N)CC1)C2. The highest BCUT2D eigenvalue weighted by atomic mass is 16.5. The number of rotatable bonds is 7. The second kappa shape index (κ2) is 11.0. The Balaban J connectivity index is 1.36. The fraction of sp³-hybridized carbons (Fsp3) is 0.273. The third kappa shape index (κ3) is 5.38. The summed E-state index contributed by atoms with van der Waals surface area (Å²) >= 11 is 0. The number of nitrogens with two attached hydrogens (primary N) is 2. The van der Waals surface area contributed by atoms with E-state index in [1.807, 2.05) is 60.7 Å². The molecule has 0 spiro atoms. The van der Waals surface area contributed by atoms with Gasteiger partial charge in [0.2, 0.25) is 5.91 Å². The standard InChI is InChI=1S/C33H35N5O2/c34-25-12-14-26(15-13-25)37-33(39)31-18-22-10-11-23(32(35)36)19-30(22)38(31)20-24-17-28(40-27-7-2-1-3-8-27)16-21-6-4-5-9-29(21)24/h1-11,16-17,19,25-26,31H,12-15,18,20,34H2,(H3,35,36)(H,37,39). The zero-order chi connectivity index (χ0) is 27.6. The average Bonchev–Trinajstić information content (AvgIpc) is 3.32. The topological polar surface area (TPSA) is 117 Å². The predicted octanol–water partition coefficient (Wildman–Crippen LogP) is 5.23. The van der Waals surface area contributed by atoms with E-state index >= 15 is 0 Å². The number of nitrogens with zero attached hydrogens (tertiary/aromatic N) is 1. The number of fused-ring (bicyclic) bond motifs is 2. The van der Waals surface area contributed by atoms with Crippen LogP contribution in [-0.2, 0) is 17.8 Å². The first-order chi connectivity index (χ1) is 19.4. The van der Waals surface area contributed by atoms with Gasteiger partial charge in [-0.1, -0.05) is 54.6 Å². The molecule has 1 aliphatic heterocycles. The lowest BCUT2D eigenvalue weighted by Gasteiger charge is -2.31. The van der Waals surface area contributed by atoms with E-state index in [1.165, 1.54) is 0 Å². The molecule has 1 aliphatic carbocycles. The quantitative estimate of drug-likeness (QED) is 0.192. The van der Waals surface area contributed by atoms with E-state index in [2.05, 4.69) is 34.5 Å². The molecule has 7 heteroatoms. The summed E-state index contributed by atoms with van der Waals surface area (Å²) in [7, 11) is 0. The van der Waals surface area contributed by atoms with Gasteiger partial charge in [-0.3, -0.25) is 10.2 Å². The number of ether oxygens (including phenoxy) is 1. The zero-order valence-corrected chi connectivity index (χ0v) is 22.5. The normalized spacial score (nSPS) is 20.2. The highest BCUT2D eigenvalue weighted by Crippen LogP contribution is 2.37. The molecule has 0 aromatic heterocycles. The summed E-state index contributed by atoms with van der Waals surface area (Å²) < 4.78 is 6.24. The molecule has 0 radical (unpaired) electrons. The van der Waals surface area contributed by atoms with Crippen molar-refractivity contribution in [3.05, 3.63) is 102 Å². The molecule has 1 fully saturated rings. The first kappa shape index (κ1) is 25.9. The van der Waals surface area contributed by atoms with E-state index in [0.29, 0.717) is 18.5 Å². The van der Waals surface area contributed by atoms with E-state index in [0.717, 1.165) is 64.8 Å². The van der Waals surface area contributed by atoms with E-state index in [4.69, 9.17) is 21.6 Å². The summed E-state index contributed by atoms with van der Waals surface area (Å²) in [4.78, 5) is 15.9. The Morgan fingerprint density at radius 3 is 2.45 bits per heavy atom. The molecule has 204 valence electrons. The van der Waals surface area contributed by atoms with Crippen LogP contribution in [0.1, 0.15) is 42.4 Å². The van der Waals surface area contributed by atoms with Crippen LogP contribution in [-0.4, -0.2) is 29.9 Å². The fourth-order valence-corrected chi connectivity index (χ4v) is 6.01. The number of nitrogens with one attached hydrogen (secondary N) is 2. The van der Waals surface area contributed by atoms with Crippen LogP contribution in [0.5, 0.6) is 11.5 Å². The van der Waals surface area contributed by atoms with Crippen molar-refractivity contribution in [1.29, 1.82) is 5.41 Å². The molecule has 1 unspecified atom stereocenters. The molecule has 6 rings (SSSR count). The molecule has 40 heavy (non-hydrogen) atoms. The first-order valence-electron chi connectivity index (χ1n) is 14.0. The molecule has 4 aromatic carbocycles. The van der Waals surface area contributed by atoms with Crippen LogP contribution in [0.4, 0.5) is 5.69 Å². The van der Waals surface area contributed by atoms with Gasteiger partial charge >= 0.3 is 0 Å². The third-order valence-corrected chi connectivity index (χ3v) is 8.16. The van der Waals surface area contributed by atoms with Gasteiger partial charge in [0.15, 0.2) is 0 Å². The molecular formula is C33H35N5O2. The maximum absolute atomic E-state index is 13.8. The van der Waals surface area contributed by atoms with Crippen molar-refractivity contribution in [2.45, 2.75) is 56.8 Å². The Kier molecular flexibility index (Phi) is 7.13. The van der Waals surface area contributed by atoms with Crippen LogP contribution >= 0.6 is 0 Å². The van der Waals surface area contributed by atoms with Gasteiger partial charge in [-0.15, -0.1) is 0 Å².